The lowest BCUT2D eigenvalue weighted by molar-refractivity contribution is -0.118. The van der Waals surface area contributed by atoms with Crippen molar-refractivity contribution in [2.45, 2.75) is 44.7 Å². The first kappa shape index (κ1) is 12.8. The van der Waals surface area contributed by atoms with Gasteiger partial charge in [0, 0.05) is 30.8 Å². The maximum atomic E-state index is 11.8. The summed E-state index contributed by atoms with van der Waals surface area (Å²) >= 11 is 0. The molecule has 18 heavy (non-hydrogen) atoms. The molecule has 0 spiro atoms. The molecule has 1 aromatic heterocycles. The summed E-state index contributed by atoms with van der Waals surface area (Å²) < 4.78 is 1.55. The van der Waals surface area contributed by atoms with Crippen molar-refractivity contribution in [3.63, 3.8) is 0 Å². The van der Waals surface area contributed by atoms with E-state index in [9.17, 15) is 9.59 Å². The van der Waals surface area contributed by atoms with Gasteiger partial charge in [0.1, 0.15) is 0 Å². The summed E-state index contributed by atoms with van der Waals surface area (Å²) in [5, 5.41) is 2.79. The topological polar surface area (TPSA) is 77.1 Å². The molecular formula is C13H19N3O2. The molecule has 0 atom stereocenters. The largest absolute Gasteiger partial charge is 0.325 e. The number of carbonyl (C=O) groups is 1. The van der Waals surface area contributed by atoms with E-state index in [2.05, 4.69) is 5.32 Å². The molecule has 1 fully saturated rings. The van der Waals surface area contributed by atoms with Crippen LogP contribution in [0.1, 0.15) is 32.6 Å². The van der Waals surface area contributed by atoms with E-state index in [0.717, 1.165) is 19.3 Å². The normalized spacial score (nSPS) is 17.0. The highest BCUT2D eigenvalue weighted by atomic mass is 16.1. The SMILES string of the molecule is CCn1cc(NC(=O)CC2(N)CCC2)ccc1=O. The second kappa shape index (κ2) is 4.94. The third-order valence-electron chi connectivity index (χ3n) is 3.47. The molecule has 1 aromatic rings. The van der Waals surface area contributed by atoms with Gasteiger partial charge in [-0.05, 0) is 32.3 Å². The van der Waals surface area contributed by atoms with Gasteiger partial charge in [-0.3, -0.25) is 9.59 Å². The van der Waals surface area contributed by atoms with E-state index in [-0.39, 0.29) is 17.0 Å². The first-order chi connectivity index (χ1) is 8.52. The Morgan fingerprint density at radius 1 is 1.50 bits per heavy atom. The number of aryl methyl sites for hydroxylation is 1. The Hall–Kier alpha value is -1.62. The minimum absolute atomic E-state index is 0.0650. The molecule has 1 aliphatic rings. The maximum Gasteiger partial charge on any atom is 0.250 e. The van der Waals surface area contributed by atoms with Crippen molar-refractivity contribution >= 4 is 11.6 Å². The second-order valence-corrected chi connectivity index (χ2v) is 4.98. The van der Waals surface area contributed by atoms with Gasteiger partial charge < -0.3 is 15.6 Å². The standard InChI is InChI=1S/C13H19N3O2/c1-2-16-9-10(4-5-12(16)18)15-11(17)8-13(14)6-3-7-13/h4-5,9H,2-3,6-8,14H2,1H3,(H,15,17). The maximum absolute atomic E-state index is 11.8. The molecule has 1 heterocycles. The highest BCUT2D eigenvalue weighted by Crippen LogP contribution is 2.32. The minimum Gasteiger partial charge on any atom is -0.325 e. The zero-order valence-electron chi connectivity index (χ0n) is 10.6. The molecule has 1 amide bonds. The fraction of sp³-hybridized carbons (Fsp3) is 0.538. The molecule has 0 bridgehead atoms. The highest BCUT2D eigenvalue weighted by molar-refractivity contribution is 5.91. The van der Waals surface area contributed by atoms with Crippen LogP contribution in [-0.2, 0) is 11.3 Å². The fourth-order valence-electron chi connectivity index (χ4n) is 2.19. The van der Waals surface area contributed by atoms with Crippen molar-refractivity contribution in [3.8, 4) is 0 Å². The summed E-state index contributed by atoms with van der Waals surface area (Å²) in [4.78, 5) is 23.2. The van der Waals surface area contributed by atoms with Crippen LogP contribution in [0.3, 0.4) is 0 Å². The number of amides is 1. The number of nitrogens with zero attached hydrogens (tertiary/aromatic N) is 1. The smallest absolute Gasteiger partial charge is 0.250 e. The number of rotatable bonds is 4. The molecule has 5 heteroatoms. The van der Waals surface area contributed by atoms with Crippen LogP contribution in [-0.4, -0.2) is 16.0 Å². The van der Waals surface area contributed by atoms with Gasteiger partial charge in [-0.25, -0.2) is 0 Å². The van der Waals surface area contributed by atoms with E-state index >= 15 is 0 Å². The van der Waals surface area contributed by atoms with Crippen molar-refractivity contribution in [2.75, 3.05) is 5.32 Å². The number of anilines is 1. The summed E-state index contributed by atoms with van der Waals surface area (Å²) in [7, 11) is 0. The minimum atomic E-state index is -0.316. The molecular weight excluding hydrogens is 230 g/mol. The molecule has 98 valence electrons. The van der Waals surface area contributed by atoms with Gasteiger partial charge in [-0.2, -0.15) is 0 Å². The molecule has 3 N–H and O–H groups in total. The molecule has 1 aliphatic carbocycles. The van der Waals surface area contributed by atoms with Crippen LogP contribution in [0.5, 0.6) is 0 Å². The van der Waals surface area contributed by atoms with Gasteiger partial charge >= 0.3 is 0 Å². The number of hydrogen-bond acceptors (Lipinski definition) is 3. The Morgan fingerprint density at radius 2 is 2.22 bits per heavy atom. The first-order valence-electron chi connectivity index (χ1n) is 6.32. The summed E-state index contributed by atoms with van der Waals surface area (Å²) in [5.74, 6) is -0.0847. The number of carbonyl (C=O) groups excluding carboxylic acids is 1. The van der Waals surface area contributed by atoms with E-state index < -0.39 is 0 Å². The quantitative estimate of drug-likeness (QED) is 0.838. The third kappa shape index (κ3) is 2.79. The lowest BCUT2D eigenvalue weighted by Gasteiger charge is -2.37. The van der Waals surface area contributed by atoms with Gasteiger partial charge in [-0.1, -0.05) is 0 Å². The number of aromatic nitrogens is 1. The molecule has 1 saturated carbocycles. The summed E-state index contributed by atoms with van der Waals surface area (Å²) in [6.07, 6.45) is 4.93. The van der Waals surface area contributed by atoms with E-state index in [1.807, 2.05) is 6.92 Å². The number of hydrogen-bond donors (Lipinski definition) is 2. The van der Waals surface area contributed by atoms with Gasteiger partial charge in [0.05, 0.1) is 5.69 Å². The van der Waals surface area contributed by atoms with Crippen LogP contribution < -0.4 is 16.6 Å². The second-order valence-electron chi connectivity index (χ2n) is 4.98. The van der Waals surface area contributed by atoms with Crippen LogP contribution in [0.25, 0.3) is 0 Å². The molecule has 0 unspecified atom stereocenters. The molecule has 2 rings (SSSR count). The van der Waals surface area contributed by atoms with E-state index in [1.54, 1.807) is 16.8 Å². The molecule has 5 nitrogen and oxygen atoms in total. The Kier molecular flexibility index (Phi) is 3.52. The lowest BCUT2D eigenvalue weighted by atomic mass is 9.75. The van der Waals surface area contributed by atoms with Gasteiger partial charge in [0.2, 0.25) is 5.91 Å². The first-order valence-corrected chi connectivity index (χ1v) is 6.32. The summed E-state index contributed by atoms with van der Waals surface area (Å²) in [6, 6.07) is 3.08. The monoisotopic (exact) mass is 249 g/mol. The van der Waals surface area contributed by atoms with Crippen LogP contribution in [0, 0.1) is 0 Å². The number of nitrogens with one attached hydrogen (secondary N) is 1. The van der Waals surface area contributed by atoms with Crippen LogP contribution in [0.15, 0.2) is 23.1 Å². The molecule has 0 aliphatic heterocycles. The van der Waals surface area contributed by atoms with Crippen LogP contribution >= 0.6 is 0 Å². The zero-order valence-corrected chi connectivity index (χ0v) is 10.6. The lowest BCUT2D eigenvalue weighted by Crippen LogP contribution is -2.48. The summed E-state index contributed by atoms with van der Waals surface area (Å²) in [6.45, 7) is 2.47. The van der Waals surface area contributed by atoms with Crippen LogP contribution in [0.2, 0.25) is 0 Å². The number of pyridine rings is 1. The predicted molar refractivity (Wildman–Crippen MR) is 70.4 cm³/mol. The van der Waals surface area contributed by atoms with Crippen molar-refractivity contribution in [3.05, 3.63) is 28.7 Å². The third-order valence-corrected chi connectivity index (χ3v) is 3.47. The van der Waals surface area contributed by atoms with Crippen molar-refractivity contribution in [2.24, 2.45) is 5.73 Å². The van der Waals surface area contributed by atoms with Crippen LogP contribution in [0.4, 0.5) is 5.69 Å². The predicted octanol–water partition coefficient (Wildman–Crippen LogP) is 1.08. The average Bonchev–Trinajstić information content (AvgIpc) is 2.29. The molecule has 0 aromatic carbocycles. The Balaban J connectivity index is 2.00. The molecule has 0 saturated heterocycles. The Labute approximate surface area is 106 Å². The van der Waals surface area contributed by atoms with Crippen molar-refractivity contribution in [1.82, 2.24) is 4.57 Å². The van der Waals surface area contributed by atoms with Gasteiger partial charge in [-0.15, -0.1) is 0 Å². The van der Waals surface area contributed by atoms with E-state index in [4.69, 9.17) is 5.73 Å². The zero-order chi connectivity index (χ0) is 13.2. The average molecular weight is 249 g/mol. The van der Waals surface area contributed by atoms with E-state index in [1.165, 1.54) is 6.07 Å². The molecule has 0 radical (unpaired) electrons. The number of nitrogens with two attached hydrogens (primary N) is 1. The summed E-state index contributed by atoms with van der Waals surface area (Å²) in [5.41, 5.74) is 6.28. The van der Waals surface area contributed by atoms with E-state index in [0.29, 0.717) is 18.7 Å². The highest BCUT2D eigenvalue weighted by Gasteiger charge is 2.34. The Morgan fingerprint density at radius 3 is 2.78 bits per heavy atom. The van der Waals surface area contributed by atoms with Gasteiger partial charge in [0.15, 0.2) is 0 Å². The fourth-order valence-corrected chi connectivity index (χ4v) is 2.19. The van der Waals surface area contributed by atoms with Crippen molar-refractivity contribution < 1.29 is 4.79 Å². The van der Waals surface area contributed by atoms with Crippen molar-refractivity contribution in [1.29, 1.82) is 0 Å². The van der Waals surface area contributed by atoms with Gasteiger partial charge in [0.25, 0.3) is 5.56 Å². The Bertz CT molecular complexity index is 503.